The van der Waals surface area contributed by atoms with E-state index in [1.807, 2.05) is 17.5 Å². The third kappa shape index (κ3) is 3.47. The molecule has 1 unspecified atom stereocenters. The quantitative estimate of drug-likeness (QED) is 0.547. The molecule has 0 radical (unpaired) electrons. The molecule has 2 aromatic carbocycles. The molecule has 6 nitrogen and oxygen atoms in total. The van der Waals surface area contributed by atoms with Gasteiger partial charge in [0.15, 0.2) is 0 Å². The van der Waals surface area contributed by atoms with Crippen molar-refractivity contribution in [2.75, 3.05) is 10.2 Å². The molecule has 0 fully saturated rings. The number of para-hydroxylation sites is 1. The number of nitrogens with one attached hydrogen (secondary N) is 2. The van der Waals surface area contributed by atoms with Gasteiger partial charge in [0.1, 0.15) is 0 Å². The number of amides is 3. The second kappa shape index (κ2) is 7.68. The lowest BCUT2D eigenvalue weighted by Gasteiger charge is -2.42. The lowest BCUT2D eigenvalue weighted by molar-refractivity contribution is -0.140. The molecule has 148 valence electrons. The number of hydrogen-bond acceptors (Lipinski definition) is 4. The molecule has 3 aromatic rings. The Balaban J connectivity index is 1.80. The summed E-state index contributed by atoms with van der Waals surface area (Å²) >= 11 is 13.6. The van der Waals surface area contributed by atoms with Crippen molar-refractivity contribution in [3.05, 3.63) is 80.5 Å². The lowest BCUT2D eigenvalue weighted by atomic mass is 9.95. The van der Waals surface area contributed by atoms with Gasteiger partial charge in [0, 0.05) is 10.4 Å². The van der Waals surface area contributed by atoms with Crippen LogP contribution in [0.5, 0.6) is 0 Å². The monoisotopic (exact) mass is 447 g/mol. The Hall–Kier alpha value is -2.58. The second-order valence-electron chi connectivity index (χ2n) is 6.34. The van der Waals surface area contributed by atoms with E-state index in [2.05, 4.69) is 10.6 Å². The summed E-state index contributed by atoms with van der Waals surface area (Å²) in [6.45, 7) is 0.220. The lowest BCUT2D eigenvalue weighted by Crippen LogP contribution is -2.62. The van der Waals surface area contributed by atoms with E-state index in [4.69, 9.17) is 23.2 Å². The van der Waals surface area contributed by atoms with Crippen LogP contribution in [0.15, 0.2) is 60.0 Å². The molecule has 2 heterocycles. The molecule has 0 saturated carbocycles. The van der Waals surface area contributed by atoms with Crippen LogP contribution in [-0.4, -0.2) is 17.0 Å². The van der Waals surface area contributed by atoms with Gasteiger partial charge in [0.05, 0.1) is 28.0 Å². The maximum atomic E-state index is 13.2. The summed E-state index contributed by atoms with van der Waals surface area (Å²) < 4.78 is 0. The van der Waals surface area contributed by atoms with Crippen molar-refractivity contribution < 1.29 is 14.7 Å². The van der Waals surface area contributed by atoms with E-state index in [0.29, 0.717) is 10.7 Å². The first-order valence-electron chi connectivity index (χ1n) is 8.60. The number of carbonyl (C=O) groups excluding carboxylic acids is 2. The van der Waals surface area contributed by atoms with Crippen molar-refractivity contribution in [2.45, 2.75) is 12.3 Å². The molecule has 29 heavy (non-hydrogen) atoms. The predicted octanol–water partition coefficient (Wildman–Crippen LogP) is 4.57. The average molecular weight is 448 g/mol. The maximum Gasteiger partial charge on any atom is 0.329 e. The summed E-state index contributed by atoms with van der Waals surface area (Å²) in [6.07, 6.45) is 0. The summed E-state index contributed by atoms with van der Waals surface area (Å²) in [5.74, 6) is -0.737. The topological polar surface area (TPSA) is 81.7 Å². The van der Waals surface area contributed by atoms with Gasteiger partial charge in [-0.25, -0.2) is 4.79 Å². The fourth-order valence-electron chi connectivity index (χ4n) is 3.19. The molecule has 0 bridgehead atoms. The molecule has 3 N–H and O–H groups in total. The molecule has 1 aliphatic heterocycles. The fourth-order valence-corrected chi connectivity index (χ4v) is 4.13. The minimum Gasteiger partial charge on any atom is -0.359 e. The Morgan fingerprint density at radius 3 is 2.66 bits per heavy atom. The maximum absolute atomic E-state index is 13.2. The zero-order chi connectivity index (χ0) is 20.6. The van der Waals surface area contributed by atoms with Crippen LogP contribution in [0, 0.1) is 0 Å². The minimum atomic E-state index is -2.28. The van der Waals surface area contributed by atoms with Crippen molar-refractivity contribution in [2.24, 2.45) is 0 Å². The standard InChI is InChI=1S/C20H15Cl2N3O3S/c21-15-8-7-12(10-16(15)22)25-19(27)24-17-6-2-1-5-14(17)20(25,28)18(26)23-11-13-4-3-9-29-13/h1-10,28H,11H2,(H,23,26)(H,24,27). The van der Waals surface area contributed by atoms with E-state index >= 15 is 0 Å². The molecule has 0 aliphatic carbocycles. The first-order valence-corrected chi connectivity index (χ1v) is 10.2. The Labute approximate surface area is 180 Å². The SMILES string of the molecule is O=C1Nc2ccccc2C(O)(C(=O)NCc2cccs2)N1c1ccc(Cl)c(Cl)c1. The van der Waals surface area contributed by atoms with Gasteiger partial charge in [-0.15, -0.1) is 11.3 Å². The van der Waals surface area contributed by atoms with Crippen molar-refractivity contribution >= 4 is 57.9 Å². The van der Waals surface area contributed by atoms with Crippen LogP contribution in [0.25, 0.3) is 0 Å². The summed E-state index contributed by atoms with van der Waals surface area (Å²) in [4.78, 5) is 28.0. The Morgan fingerprint density at radius 1 is 1.14 bits per heavy atom. The predicted molar refractivity (Wildman–Crippen MR) is 114 cm³/mol. The largest absolute Gasteiger partial charge is 0.359 e. The van der Waals surface area contributed by atoms with E-state index < -0.39 is 17.7 Å². The highest BCUT2D eigenvalue weighted by Gasteiger charge is 2.51. The molecule has 0 saturated heterocycles. The number of rotatable bonds is 4. The Morgan fingerprint density at radius 2 is 1.93 bits per heavy atom. The number of fused-ring (bicyclic) bond motifs is 1. The zero-order valence-electron chi connectivity index (χ0n) is 14.9. The highest BCUT2D eigenvalue weighted by atomic mass is 35.5. The molecule has 3 amide bonds. The van der Waals surface area contributed by atoms with Crippen LogP contribution in [0.4, 0.5) is 16.2 Å². The van der Waals surface area contributed by atoms with E-state index in [0.717, 1.165) is 9.78 Å². The third-order valence-electron chi connectivity index (χ3n) is 4.55. The first-order chi connectivity index (χ1) is 13.9. The number of anilines is 2. The summed E-state index contributed by atoms with van der Waals surface area (Å²) in [6, 6.07) is 14.1. The second-order valence-corrected chi connectivity index (χ2v) is 8.19. The van der Waals surface area contributed by atoms with Gasteiger partial charge >= 0.3 is 6.03 Å². The van der Waals surface area contributed by atoms with Crippen LogP contribution in [0.2, 0.25) is 10.0 Å². The van der Waals surface area contributed by atoms with Crippen molar-refractivity contribution in [1.82, 2.24) is 5.32 Å². The van der Waals surface area contributed by atoms with E-state index in [-0.39, 0.29) is 22.8 Å². The van der Waals surface area contributed by atoms with Crippen LogP contribution in [0.3, 0.4) is 0 Å². The third-order valence-corrected chi connectivity index (χ3v) is 6.17. The highest BCUT2D eigenvalue weighted by Crippen LogP contribution is 2.41. The Kier molecular flexibility index (Phi) is 5.23. The molecular formula is C20H15Cl2N3O3S. The number of nitrogens with zero attached hydrogens (tertiary/aromatic N) is 1. The normalized spacial score (nSPS) is 18.2. The van der Waals surface area contributed by atoms with Gasteiger partial charge in [-0.05, 0) is 35.7 Å². The van der Waals surface area contributed by atoms with E-state index in [1.54, 1.807) is 24.3 Å². The van der Waals surface area contributed by atoms with Gasteiger partial charge in [-0.3, -0.25) is 9.69 Å². The van der Waals surface area contributed by atoms with E-state index in [1.165, 1.54) is 29.5 Å². The number of hydrogen-bond donors (Lipinski definition) is 3. The summed E-state index contributed by atoms with van der Waals surface area (Å²) in [5, 5.41) is 19.4. The summed E-state index contributed by atoms with van der Waals surface area (Å²) in [5.41, 5.74) is -1.47. The highest BCUT2D eigenvalue weighted by molar-refractivity contribution is 7.09. The number of aliphatic hydroxyl groups is 1. The van der Waals surface area contributed by atoms with Gasteiger partial charge in [-0.2, -0.15) is 0 Å². The van der Waals surface area contributed by atoms with Crippen LogP contribution >= 0.6 is 34.5 Å². The smallest absolute Gasteiger partial charge is 0.329 e. The van der Waals surface area contributed by atoms with Crippen molar-refractivity contribution in [3.8, 4) is 0 Å². The minimum absolute atomic E-state index is 0.192. The van der Waals surface area contributed by atoms with Gasteiger partial charge in [0.2, 0.25) is 0 Å². The molecular weight excluding hydrogens is 433 g/mol. The summed E-state index contributed by atoms with van der Waals surface area (Å²) in [7, 11) is 0. The number of thiophene rings is 1. The van der Waals surface area contributed by atoms with Crippen LogP contribution in [-0.2, 0) is 17.1 Å². The number of urea groups is 1. The molecule has 1 atom stereocenters. The van der Waals surface area contributed by atoms with Crippen molar-refractivity contribution in [3.63, 3.8) is 0 Å². The zero-order valence-corrected chi connectivity index (χ0v) is 17.2. The van der Waals surface area contributed by atoms with Gasteiger partial charge in [0.25, 0.3) is 11.6 Å². The number of carbonyl (C=O) groups is 2. The number of benzene rings is 2. The Bertz CT molecular complexity index is 1090. The molecule has 4 rings (SSSR count). The van der Waals surface area contributed by atoms with Crippen molar-refractivity contribution in [1.29, 1.82) is 0 Å². The first kappa shape index (κ1) is 19.7. The molecule has 1 aliphatic rings. The van der Waals surface area contributed by atoms with Gasteiger partial charge in [-0.1, -0.05) is 47.5 Å². The van der Waals surface area contributed by atoms with Gasteiger partial charge < -0.3 is 15.7 Å². The van der Waals surface area contributed by atoms with Crippen LogP contribution < -0.4 is 15.5 Å². The molecule has 9 heteroatoms. The fraction of sp³-hybridized carbons (Fsp3) is 0.100. The number of halogens is 2. The van der Waals surface area contributed by atoms with E-state index in [9.17, 15) is 14.7 Å². The van der Waals surface area contributed by atoms with Crippen LogP contribution in [0.1, 0.15) is 10.4 Å². The molecule has 1 aromatic heterocycles. The molecule has 0 spiro atoms. The average Bonchev–Trinajstić information content (AvgIpc) is 3.22.